The van der Waals surface area contributed by atoms with Crippen LogP contribution in [0.25, 0.3) is 0 Å². The van der Waals surface area contributed by atoms with Gasteiger partial charge in [0.2, 0.25) is 0 Å². The molecule has 3 rings (SSSR count). The topological polar surface area (TPSA) is 55.3 Å². The predicted molar refractivity (Wildman–Crippen MR) is 114 cm³/mol. The first-order valence-electron chi connectivity index (χ1n) is 9.46. The molecular weight excluding hydrogens is 483 g/mol. The Bertz CT molecular complexity index is 630. The Morgan fingerprint density at radius 1 is 1.32 bits per heavy atom. The molecule has 0 aromatic heterocycles. The van der Waals surface area contributed by atoms with Crippen molar-refractivity contribution in [1.29, 1.82) is 0 Å². The lowest BCUT2D eigenvalue weighted by molar-refractivity contribution is -0.0817. The van der Waals surface area contributed by atoms with E-state index in [2.05, 4.69) is 19.9 Å². The molecule has 0 saturated carbocycles. The zero-order valence-electron chi connectivity index (χ0n) is 16.0. The number of hydrogen-bond donors (Lipinski definition) is 1. The summed E-state index contributed by atoms with van der Waals surface area (Å²) in [6.45, 7) is 3.23. The number of aliphatic imine (C=N–C) groups is 1. The summed E-state index contributed by atoms with van der Waals surface area (Å²) in [5.74, 6) is 0.941. The summed E-state index contributed by atoms with van der Waals surface area (Å²) >= 11 is 0. The van der Waals surface area contributed by atoms with Gasteiger partial charge in [-0.1, -0.05) is 12.1 Å². The Labute approximate surface area is 181 Å². The third kappa shape index (κ3) is 6.70. The van der Waals surface area contributed by atoms with Crippen molar-refractivity contribution in [3.8, 4) is 5.75 Å². The van der Waals surface area contributed by atoms with E-state index < -0.39 is 6.61 Å². The minimum Gasteiger partial charge on any atom is -0.435 e. The molecule has 9 heteroatoms. The molecule has 1 aromatic carbocycles. The first-order chi connectivity index (χ1) is 13.2. The highest BCUT2D eigenvalue weighted by atomic mass is 127. The monoisotopic (exact) mass is 511 g/mol. The second kappa shape index (κ2) is 11.7. The second-order valence-corrected chi connectivity index (χ2v) is 6.60. The lowest BCUT2D eigenvalue weighted by atomic mass is 10.1. The molecule has 158 valence electrons. The maximum atomic E-state index is 12.4. The van der Waals surface area contributed by atoms with Gasteiger partial charge in [0.05, 0.1) is 19.3 Å². The van der Waals surface area contributed by atoms with Gasteiger partial charge < -0.3 is 24.4 Å². The SMILES string of the molecule is CCNC(=NCc1cccc(OC(F)F)c1)N1CCOC(C2CCCO2)C1.I. The molecular formula is C19H28F2IN3O3. The van der Waals surface area contributed by atoms with Crippen LogP contribution in [0.2, 0.25) is 0 Å². The number of halogens is 3. The van der Waals surface area contributed by atoms with E-state index in [1.807, 2.05) is 13.0 Å². The standard InChI is InChI=1S/C19H27F2N3O3.HI/c1-2-22-19(23-12-14-5-3-6-15(11-14)27-18(20)21)24-8-10-26-17(13-24)16-7-4-9-25-16;/h3,5-6,11,16-18H,2,4,7-10,12-13H2,1H3,(H,22,23);1H. The zero-order chi connectivity index (χ0) is 19.1. The van der Waals surface area contributed by atoms with Crippen LogP contribution in [0.1, 0.15) is 25.3 Å². The molecule has 28 heavy (non-hydrogen) atoms. The van der Waals surface area contributed by atoms with E-state index in [4.69, 9.17) is 9.47 Å². The van der Waals surface area contributed by atoms with E-state index in [0.717, 1.165) is 50.6 Å². The summed E-state index contributed by atoms with van der Waals surface area (Å²) in [7, 11) is 0. The van der Waals surface area contributed by atoms with Gasteiger partial charge in [0.1, 0.15) is 11.9 Å². The number of benzene rings is 1. The molecule has 2 atom stereocenters. The van der Waals surface area contributed by atoms with Crippen molar-refractivity contribution in [2.24, 2.45) is 4.99 Å². The quantitative estimate of drug-likeness (QED) is 0.361. The van der Waals surface area contributed by atoms with E-state index >= 15 is 0 Å². The van der Waals surface area contributed by atoms with E-state index in [0.29, 0.717) is 13.2 Å². The van der Waals surface area contributed by atoms with Crippen LogP contribution in [-0.2, 0) is 16.0 Å². The fourth-order valence-electron chi connectivity index (χ4n) is 3.40. The van der Waals surface area contributed by atoms with Crippen LogP contribution < -0.4 is 10.1 Å². The van der Waals surface area contributed by atoms with E-state index in [9.17, 15) is 8.78 Å². The highest BCUT2D eigenvalue weighted by Crippen LogP contribution is 2.21. The molecule has 2 heterocycles. The molecule has 0 radical (unpaired) electrons. The summed E-state index contributed by atoms with van der Waals surface area (Å²) in [5, 5.41) is 3.31. The fourth-order valence-corrected chi connectivity index (χ4v) is 3.40. The van der Waals surface area contributed by atoms with Crippen molar-refractivity contribution >= 4 is 29.9 Å². The van der Waals surface area contributed by atoms with Crippen molar-refractivity contribution in [1.82, 2.24) is 10.2 Å². The molecule has 2 saturated heterocycles. The van der Waals surface area contributed by atoms with Crippen LogP contribution in [0.3, 0.4) is 0 Å². The Kier molecular flexibility index (Phi) is 9.66. The average molecular weight is 511 g/mol. The minimum absolute atomic E-state index is 0. The molecule has 0 spiro atoms. The lowest BCUT2D eigenvalue weighted by Crippen LogP contribution is -2.53. The summed E-state index contributed by atoms with van der Waals surface area (Å²) < 4.78 is 40.9. The van der Waals surface area contributed by atoms with E-state index in [1.54, 1.807) is 12.1 Å². The number of rotatable bonds is 6. The molecule has 0 aliphatic carbocycles. The van der Waals surface area contributed by atoms with Crippen LogP contribution in [-0.4, -0.2) is 62.5 Å². The van der Waals surface area contributed by atoms with Crippen LogP contribution in [0.5, 0.6) is 5.75 Å². The largest absolute Gasteiger partial charge is 0.435 e. The van der Waals surface area contributed by atoms with Gasteiger partial charge >= 0.3 is 6.61 Å². The molecule has 2 aliphatic heterocycles. The summed E-state index contributed by atoms with van der Waals surface area (Å²) in [5.41, 5.74) is 0.812. The van der Waals surface area contributed by atoms with Crippen LogP contribution >= 0.6 is 24.0 Å². The fraction of sp³-hybridized carbons (Fsp3) is 0.632. The average Bonchev–Trinajstić information content (AvgIpc) is 3.20. The van der Waals surface area contributed by atoms with Crippen LogP contribution in [0.4, 0.5) is 8.78 Å². The zero-order valence-corrected chi connectivity index (χ0v) is 18.3. The first-order valence-corrected chi connectivity index (χ1v) is 9.46. The Hall–Kier alpha value is -1.20. The number of guanidine groups is 1. The second-order valence-electron chi connectivity index (χ2n) is 6.60. The molecule has 2 unspecified atom stereocenters. The van der Waals surface area contributed by atoms with Gasteiger partial charge in [-0.2, -0.15) is 8.78 Å². The van der Waals surface area contributed by atoms with Crippen molar-refractivity contribution in [2.75, 3.05) is 32.8 Å². The summed E-state index contributed by atoms with van der Waals surface area (Å²) in [6.07, 6.45) is 2.31. The number of ether oxygens (including phenoxy) is 3. The van der Waals surface area contributed by atoms with Crippen molar-refractivity contribution in [3.05, 3.63) is 29.8 Å². The van der Waals surface area contributed by atoms with Gasteiger partial charge in [-0.15, -0.1) is 24.0 Å². The van der Waals surface area contributed by atoms with Gasteiger partial charge in [0, 0.05) is 26.2 Å². The van der Waals surface area contributed by atoms with Crippen LogP contribution in [0.15, 0.2) is 29.3 Å². The van der Waals surface area contributed by atoms with Gasteiger partial charge in [0.15, 0.2) is 5.96 Å². The summed E-state index contributed by atoms with van der Waals surface area (Å²) in [6, 6.07) is 6.64. The van der Waals surface area contributed by atoms with Gasteiger partial charge in [-0.25, -0.2) is 4.99 Å². The maximum absolute atomic E-state index is 12.4. The van der Waals surface area contributed by atoms with Gasteiger partial charge in [-0.05, 0) is 37.5 Å². The highest BCUT2D eigenvalue weighted by Gasteiger charge is 2.32. The smallest absolute Gasteiger partial charge is 0.387 e. The summed E-state index contributed by atoms with van der Waals surface area (Å²) in [4.78, 5) is 6.86. The minimum atomic E-state index is -2.83. The number of morpholine rings is 1. The van der Waals surface area contributed by atoms with Gasteiger partial charge in [0.25, 0.3) is 0 Å². The van der Waals surface area contributed by atoms with E-state index in [1.165, 1.54) is 6.07 Å². The molecule has 6 nitrogen and oxygen atoms in total. The lowest BCUT2D eigenvalue weighted by Gasteiger charge is -2.37. The van der Waals surface area contributed by atoms with Gasteiger partial charge in [-0.3, -0.25) is 0 Å². The number of alkyl halides is 2. The van der Waals surface area contributed by atoms with E-state index in [-0.39, 0.29) is 41.9 Å². The number of nitrogens with zero attached hydrogens (tertiary/aromatic N) is 2. The molecule has 2 fully saturated rings. The maximum Gasteiger partial charge on any atom is 0.387 e. The van der Waals surface area contributed by atoms with Crippen molar-refractivity contribution in [3.63, 3.8) is 0 Å². The Morgan fingerprint density at radius 3 is 2.86 bits per heavy atom. The predicted octanol–water partition coefficient (Wildman–Crippen LogP) is 3.25. The molecule has 1 aromatic rings. The normalized spacial score (nSPS) is 22.9. The Balaban J connectivity index is 0.00000280. The molecule has 1 N–H and O–H groups in total. The molecule has 2 aliphatic rings. The third-order valence-corrected chi connectivity index (χ3v) is 4.64. The Morgan fingerprint density at radius 2 is 2.14 bits per heavy atom. The first kappa shape index (κ1) is 23.1. The van der Waals surface area contributed by atoms with Crippen LogP contribution in [0, 0.1) is 0 Å². The highest BCUT2D eigenvalue weighted by molar-refractivity contribution is 14.0. The number of nitrogens with one attached hydrogen (secondary N) is 1. The molecule has 0 bridgehead atoms. The van der Waals surface area contributed by atoms with Crippen molar-refractivity contribution in [2.45, 2.75) is 45.1 Å². The molecule has 0 amide bonds. The van der Waals surface area contributed by atoms with Crippen molar-refractivity contribution < 1.29 is 23.0 Å². The third-order valence-electron chi connectivity index (χ3n) is 4.64. The number of hydrogen-bond acceptors (Lipinski definition) is 4.